The highest BCUT2D eigenvalue weighted by atomic mass is 32.1. The molecule has 2 aromatic rings. The first-order valence-corrected chi connectivity index (χ1v) is 7.01. The highest BCUT2D eigenvalue weighted by Gasteiger charge is 2.18. The monoisotopic (exact) mass is 259 g/mol. The molecule has 0 aliphatic heterocycles. The zero-order valence-corrected chi connectivity index (χ0v) is 10.8. The first-order valence-electron chi connectivity index (χ1n) is 6.20. The summed E-state index contributed by atoms with van der Waals surface area (Å²) < 4.78 is 0. The number of hydrogen-bond acceptors (Lipinski definition) is 4. The van der Waals surface area contributed by atoms with Crippen molar-refractivity contribution in [2.45, 2.75) is 38.5 Å². The number of H-pyrrole nitrogens is 1. The number of hydrogen-bond donors (Lipinski definition) is 1. The third kappa shape index (κ3) is 1.83. The summed E-state index contributed by atoms with van der Waals surface area (Å²) in [7, 11) is 0. The van der Waals surface area contributed by atoms with Gasteiger partial charge in [0.15, 0.2) is 0 Å². The van der Waals surface area contributed by atoms with Crippen molar-refractivity contribution >= 4 is 21.6 Å². The molecule has 18 heavy (non-hydrogen) atoms. The van der Waals surface area contributed by atoms with Gasteiger partial charge in [0.05, 0.1) is 17.9 Å². The first kappa shape index (κ1) is 11.4. The van der Waals surface area contributed by atoms with Crippen LogP contribution >= 0.6 is 11.3 Å². The van der Waals surface area contributed by atoms with Crippen LogP contribution in [0.25, 0.3) is 10.2 Å². The van der Waals surface area contributed by atoms with E-state index in [1.54, 1.807) is 11.3 Å². The number of thiophene rings is 1. The lowest BCUT2D eigenvalue weighted by atomic mass is 10.1. The van der Waals surface area contributed by atoms with Crippen LogP contribution in [0.4, 0.5) is 0 Å². The molecule has 3 rings (SSSR count). The first-order chi connectivity index (χ1) is 8.79. The van der Waals surface area contributed by atoms with E-state index in [1.165, 1.54) is 23.3 Å². The molecule has 0 amide bonds. The summed E-state index contributed by atoms with van der Waals surface area (Å²) in [4.78, 5) is 21.4. The summed E-state index contributed by atoms with van der Waals surface area (Å²) >= 11 is 1.63. The number of nitrogens with zero attached hydrogens (tertiary/aromatic N) is 2. The number of nitriles is 1. The molecule has 0 aromatic carbocycles. The van der Waals surface area contributed by atoms with Gasteiger partial charge in [-0.3, -0.25) is 4.79 Å². The maximum Gasteiger partial charge on any atom is 0.259 e. The molecule has 1 N–H and O–H groups in total. The second-order valence-corrected chi connectivity index (χ2v) is 5.68. The average molecular weight is 259 g/mol. The Hall–Kier alpha value is -1.67. The van der Waals surface area contributed by atoms with Gasteiger partial charge in [0.25, 0.3) is 5.56 Å². The van der Waals surface area contributed by atoms with Gasteiger partial charge in [0, 0.05) is 4.88 Å². The summed E-state index contributed by atoms with van der Waals surface area (Å²) in [5.74, 6) is 0.478. The van der Waals surface area contributed by atoms with Crippen molar-refractivity contribution in [2.24, 2.45) is 0 Å². The molecule has 92 valence electrons. The van der Waals surface area contributed by atoms with Gasteiger partial charge in [-0.1, -0.05) is 6.42 Å². The van der Waals surface area contributed by atoms with E-state index >= 15 is 0 Å². The minimum atomic E-state index is -0.0790. The fraction of sp³-hybridized carbons (Fsp3) is 0.462. The van der Waals surface area contributed by atoms with Crippen LogP contribution in [0.15, 0.2) is 4.79 Å². The maximum atomic E-state index is 12.1. The third-order valence-corrected chi connectivity index (χ3v) is 4.56. The Bertz CT molecular complexity index is 693. The van der Waals surface area contributed by atoms with E-state index in [2.05, 4.69) is 9.97 Å². The van der Waals surface area contributed by atoms with Gasteiger partial charge in [0.1, 0.15) is 10.7 Å². The minimum absolute atomic E-state index is 0.0790. The van der Waals surface area contributed by atoms with Gasteiger partial charge < -0.3 is 4.98 Å². The van der Waals surface area contributed by atoms with Gasteiger partial charge in [0.2, 0.25) is 0 Å². The van der Waals surface area contributed by atoms with Crippen LogP contribution in [-0.4, -0.2) is 9.97 Å². The molecular weight excluding hydrogens is 246 g/mol. The predicted molar refractivity (Wildman–Crippen MR) is 70.8 cm³/mol. The molecule has 0 saturated carbocycles. The highest BCUT2D eigenvalue weighted by Crippen LogP contribution is 2.32. The van der Waals surface area contributed by atoms with Crippen LogP contribution < -0.4 is 5.56 Å². The Morgan fingerprint density at radius 2 is 2.17 bits per heavy atom. The van der Waals surface area contributed by atoms with Gasteiger partial charge in [-0.2, -0.15) is 5.26 Å². The van der Waals surface area contributed by atoms with E-state index in [9.17, 15) is 4.79 Å². The van der Waals surface area contributed by atoms with Gasteiger partial charge in [-0.25, -0.2) is 4.98 Å². The predicted octanol–water partition coefficient (Wildman–Crippen LogP) is 2.32. The lowest BCUT2D eigenvalue weighted by Crippen LogP contribution is -2.11. The summed E-state index contributed by atoms with van der Waals surface area (Å²) in [6.45, 7) is 0. The van der Waals surface area contributed by atoms with E-state index in [-0.39, 0.29) is 12.0 Å². The van der Waals surface area contributed by atoms with Crippen LogP contribution in [0.1, 0.15) is 35.5 Å². The lowest BCUT2D eigenvalue weighted by Gasteiger charge is -1.98. The number of fused-ring (bicyclic) bond motifs is 3. The standard InChI is InChI=1S/C13H13N3OS/c14-7-6-10-15-12(17)11-8-4-2-1-3-5-9(8)18-13(11)16-10/h1-6H2,(H,15,16,17). The zero-order chi connectivity index (χ0) is 12.5. The van der Waals surface area contributed by atoms with Crippen LogP contribution in [0.5, 0.6) is 0 Å². The molecule has 0 spiro atoms. The topological polar surface area (TPSA) is 69.5 Å². The molecule has 5 heteroatoms. The molecule has 2 heterocycles. The number of nitrogens with one attached hydrogen (secondary N) is 1. The SMILES string of the molecule is N#CCc1nc2sc3c(c2c(=O)[nH]1)CCCCC3. The number of aryl methyl sites for hydroxylation is 2. The molecule has 4 nitrogen and oxygen atoms in total. The fourth-order valence-electron chi connectivity index (χ4n) is 2.54. The Morgan fingerprint density at radius 3 is 3.00 bits per heavy atom. The van der Waals surface area contributed by atoms with Crippen molar-refractivity contribution in [1.82, 2.24) is 9.97 Å². The molecule has 1 aliphatic rings. The average Bonchev–Trinajstić information content (AvgIpc) is 2.53. The summed E-state index contributed by atoms with van der Waals surface area (Å²) in [6.07, 6.45) is 5.79. The quantitative estimate of drug-likeness (QED) is 0.799. The summed E-state index contributed by atoms with van der Waals surface area (Å²) in [5, 5.41) is 9.44. The molecule has 2 aromatic heterocycles. The van der Waals surface area contributed by atoms with E-state index in [4.69, 9.17) is 5.26 Å². The van der Waals surface area contributed by atoms with Gasteiger partial charge >= 0.3 is 0 Å². The molecule has 1 aliphatic carbocycles. The second kappa shape index (κ2) is 4.54. The molecular formula is C13H13N3OS. The fourth-order valence-corrected chi connectivity index (χ4v) is 3.82. The molecule has 0 atom stereocenters. The van der Waals surface area contributed by atoms with E-state index in [0.29, 0.717) is 5.82 Å². The number of rotatable bonds is 1. The highest BCUT2D eigenvalue weighted by molar-refractivity contribution is 7.18. The van der Waals surface area contributed by atoms with Crippen molar-refractivity contribution in [3.8, 4) is 6.07 Å². The lowest BCUT2D eigenvalue weighted by molar-refractivity contribution is 0.713. The second-order valence-electron chi connectivity index (χ2n) is 4.59. The van der Waals surface area contributed by atoms with Crippen molar-refractivity contribution < 1.29 is 0 Å². The van der Waals surface area contributed by atoms with Crippen molar-refractivity contribution in [3.63, 3.8) is 0 Å². The molecule has 0 saturated heterocycles. The maximum absolute atomic E-state index is 12.1. The smallest absolute Gasteiger partial charge is 0.259 e. The van der Waals surface area contributed by atoms with Crippen LogP contribution in [0.2, 0.25) is 0 Å². The Labute approximate surface area is 108 Å². The van der Waals surface area contributed by atoms with Crippen LogP contribution in [0, 0.1) is 11.3 Å². The number of aromatic amines is 1. The minimum Gasteiger partial charge on any atom is -0.309 e. The van der Waals surface area contributed by atoms with Crippen LogP contribution in [0.3, 0.4) is 0 Å². The third-order valence-electron chi connectivity index (χ3n) is 3.37. The van der Waals surface area contributed by atoms with Crippen molar-refractivity contribution in [1.29, 1.82) is 5.26 Å². The van der Waals surface area contributed by atoms with Gasteiger partial charge in [-0.15, -0.1) is 11.3 Å². The summed E-state index contributed by atoms with van der Waals surface area (Å²) in [5.41, 5.74) is 1.12. The van der Waals surface area contributed by atoms with E-state index in [0.717, 1.165) is 29.5 Å². The molecule has 0 unspecified atom stereocenters. The Balaban J connectivity index is 2.23. The largest absolute Gasteiger partial charge is 0.309 e. The van der Waals surface area contributed by atoms with E-state index < -0.39 is 0 Å². The van der Waals surface area contributed by atoms with Crippen LogP contribution in [-0.2, 0) is 19.3 Å². The Kier molecular flexibility index (Phi) is 2.88. The van der Waals surface area contributed by atoms with Crippen molar-refractivity contribution in [2.75, 3.05) is 0 Å². The zero-order valence-electron chi connectivity index (χ0n) is 9.95. The van der Waals surface area contributed by atoms with Crippen molar-refractivity contribution in [3.05, 3.63) is 26.6 Å². The summed E-state index contributed by atoms with van der Waals surface area (Å²) in [6, 6.07) is 2.02. The molecule has 0 fully saturated rings. The molecule has 0 bridgehead atoms. The number of aromatic nitrogens is 2. The normalized spacial score (nSPS) is 15.1. The Morgan fingerprint density at radius 1 is 1.33 bits per heavy atom. The molecule has 0 radical (unpaired) electrons. The van der Waals surface area contributed by atoms with E-state index in [1.807, 2.05) is 6.07 Å². The van der Waals surface area contributed by atoms with Gasteiger partial charge in [-0.05, 0) is 31.2 Å².